The van der Waals surface area contributed by atoms with Crippen molar-refractivity contribution in [1.82, 2.24) is 10.0 Å². The van der Waals surface area contributed by atoms with E-state index in [0.29, 0.717) is 45.1 Å². The summed E-state index contributed by atoms with van der Waals surface area (Å²) in [6, 6.07) is 6.32. The van der Waals surface area contributed by atoms with E-state index in [1.165, 1.54) is 12.1 Å². The van der Waals surface area contributed by atoms with Crippen molar-refractivity contribution < 1.29 is 42.1 Å². The minimum Gasteiger partial charge on any atom is -0.494 e. The summed E-state index contributed by atoms with van der Waals surface area (Å²) in [5.41, 5.74) is 0.227. The lowest BCUT2D eigenvalue weighted by molar-refractivity contribution is -0.121. The number of methoxy groups -OCH3 is 1. The molecule has 1 aromatic carbocycles. The van der Waals surface area contributed by atoms with Gasteiger partial charge >= 0.3 is 5.97 Å². The van der Waals surface area contributed by atoms with Gasteiger partial charge in [-0.15, -0.1) is 0 Å². The first-order chi connectivity index (χ1) is 18.2. The van der Waals surface area contributed by atoms with Crippen molar-refractivity contribution in [3.63, 3.8) is 0 Å². The van der Waals surface area contributed by atoms with E-state index in [1.807, 2.05) is 0 Å². The van der Waals surface area contributed by atoms with Gasteiger partial charge in [-0.05, 0) is 43.5 Å². The molecule has 216 valence electrons. The van der Waals surface area contributed by atoms with Crippen LogP contribution >= 0.6 is 0 Å². The van der Waals surface area contributed by atoms with Crippen molar-refractivity contribution in [2.45, 2.75) is 64.2 Å². The van der Waals surface area contributed by atoms with Crippen LogP contribution in [0.2, 0.25) is 0 Å². The summed E-state index contributed by atoms with van der Waals surface area (Å²) in [7, 11) is -2.18. The molecule has 0 heterocycles. The third-order valence-electron chi connectivity index (χ3n) is 5.50. The number of carbonyl (C=O) groups excluding carboxylic acids is 2. The normalized spacial score (nSPS) is 11.2. The summed E-state index contributed by atoms with van der Waals surface area (Å²) >= 11 is 0. The number of hydrogen-bond acceptors (Lipinski definition) is 8. The Morgan fingerprint density at radius 3 is 2.08 bits per heavy atom. The molecule has 1 rings (SSSR count). The quantitative estimate of drug-likeness (QED) is 0.172. The molecule has 2 amide bonds. The molecule has 11 nitrogen and oxygen atoms in total. The van der Waals surface area contributed by atoms with Crippen LogP contribution in [-0.2, 0) is 29.1 Å². The van der Waals surface area contributed by atoms with Crippen LogP contribution in [0.5, 0.6) is 5.75 Å². The SMILES string of the molecule is COCCOCCNC(=O)CCCS(=O)(=O)NC(=O)CCCCCCCCCOc1ccc(C(=O)O)cc1. The second kappa shape index (κ2) is 20.3. The molecule has 0 aliphatic heterocycles. The zero-order valence-corrected chi connectivity index (χ0v) is 23.1. The Morgan fingerprint density at radius 1 is 0.789 bits per heavy atom. The van der Waals surface area contributed by atoms with Crippen LogP contribution in [0.1, 0.15) is 74.6 Å². The van der Waals surface area contributed by atoms with Gasteiger partial charge in [0.05, 0.1) is 37.7 Å². The minimum atomic E-state index is -3.75. The largest absolute Gasteiger partial charge is 0.494 e. The van der Waals surface area contributed by atoms with Gasteiger partial charge in [-0.1, -0.05) is 32.1 Å². The molecule has 3 N–H and O–H groups in total. The van der Waals surface area contributed by atoms with E-state index in [0.717, 1.165) is 38.5 Å². The number of unbranched alkanes of at least 4 members (excludes halogenated alkanes) is 6. The van der Waals surface area contributed by atoms with Gasteiger partial charge in [0, 0.05) is 26.5 Å². The van der Waals surface area contributed by atoms with Gasteiger partial charge in [0.1, 0.15) is 5.75 Å². The van der Waals surface area contributed by atoms with Crippen molar-refractivity contribution in [3.05, 3.63) is 29.8 Å². The molecule has 38 heavy (non-hydrogen) atoms. The summed E-state index contributed by atoms with van der Waals surface area (Å²) in [5.74, 6) is -1.38. The fourth-order valence-corrected chi connectivity index (χ4v) is 4.52. The third-order valence-corrected chi connectivity index (χ3v) is 6.87. The average Bonchev–Trinajstić information content (AvgIpc) is 2.87. The molecule has 0 atom stereocenters. The number of ether oxygens (including phenoxy) is 3. The summed E-state index contributed by atoms with van der Waals surface area (Å²) in [6.45, 7) is 2.18. The van der Waals surface area contributed by atoms with Crippen LogP contribution in [0.15, 0.2) is 24.3 Å². The molecule has 0 bridgehead atoms. The van der Waals surface area contributed by atoms with Crippen LogP contribution in [0.3, 0.4) is 0 Å². The van der Waals surface area contributed by atoms with E-state index in [-0.39, 0.29) is 36.5 Å². The van der Waals surface area contributed by atoms with E-state index < -0.39 is 21.9 Å². The standard InChI is InChI=1S/C26H42N2O9S/c1-35-19-20-36-18-16-27-24(29)11-9-21-38(33,34)28-25(30)10-7-5-3-2-4-6-8-17-37-23-14-12-22(13-15-23)26(31)32/h12-15H,2-11,16-21H2,1H3,(H,27,29)(H,28,30)(H,31,32). The summed E-state index contributed by atoms with van der Waals surface area (Å²) in [4.78, 5) is 34.5. The second-order valence-electron chi connectivity index (χ2n) is 8.81. The Hall–Kier alpha value is -2.70. The zero-order chi connectivity index (χ0) is 28.1. The Bertz CT molecular complexity index is 921. The first kappa shape index (κ1) is 33.3. The van der Waals surface area contributed by atoms with Gasteiger partial charge in [0.25, 0.3) is 0 Å². The molecule has 0 fully saturated rings. The second-order valence-corrected chi connectivity index (χ2v) is 10.6. The molecule has 0 aliphatic rings. The maximum absolute atomic E-state index is 12.0. The number of hydrogen-bond donors (Lipinski definition) is 3. The van der Waals surface area contributed by atoms with Crippen molar-refractivity contribution >= 4 is 27.8 Å². The highest BCUT2D eigenvalue weighted by Gasteiger charge is 2.15. The predicted octanol–water partition coefficient (Wildman–Crippen LogP) is 2.89. The Balaban J connectivity index is 1.98. The number of carboxylic acids is 1. The van der Waals surface area contributed by atoms with E-state index in [4.69, 9.17) is 19.3 Å². The monoisotopic (exact) mass is 558 g/mol. The highest BCUT2D eigenvalue weighted by atomic mass is 32.2. The summed E-state index contributed by atoms with van der Waals surface area (Å²) in [6.07, 6.45) is 6.71. The van der Waals surface area contributed by atoms with Gasteiger partial charge in [0.2, 0.25) is 21.8 Å². The predicted molar refractivity (Wildman–Crippen MR) is 143 cm³/mol. The lowest BCUT2D eigenvalue weighted by Gasteiger charge is -2.08. The lowest BCUT2D eigenvalue weighted by Crippen LogP contribution is -2.33. The van der Waals surface area contributed by atoms with E-state index in [1.54, 1.807) is 19.2 Å². The molecule has 0 aromatic heterocycles. The highest BCUT2D eigenvalue weighted by molar-refractivity contribution is 7.90. The van der Waals surface area contributed by atoms with Crippen molar-refractivity contribution in [2.24, 2.45) is 0 Å². The maximum atomic E-state index is 12.0. The van der Waals surface area contributed by atoms with Crippen molar-refractivity contribution in [3.8, 4) is 5.75 Å². The molecule has 0 saturated carbocycles. The molecule has 1 aromatic rings. The Kier molecular flexibility index (Phi) is 17.8. The van der Waals surface area contributed by atoms with Gasteiger partial charge < -0.3 is 24.6 Å². The zero-order valence-electron chi connectivity index (χ0n) is 22.2. The number of benzene rings is 1. The fourth-order valence-electron chi connectivity index (χ4n) is 3.45. The highest BCUT2D eigenvalue weighted by Crippen LogP contribution is 2.14. The molecule has 0 saturated heterocycles. The van der Waals surface area contributed by atoms with E-state index in [2.05, 4.69) is 10.0 Å². The number of amides is 2. The Labute approximate surface area is 225 Å². The van der Waals surface area contributed by atoms with E-state index in [9.17, 15) is 22.8 Å². The number of aromatic carboxylic acids is 1. The molecule has 0 unspecified atom stereocenters. The van der Waals surface area contributed by atoms with Gasteiger partial charge in [-0.2, -0.15) is 0 Å². The molecule has 0 radical (unpaired) electrons. The molecule has 0 spiro atoms. The molecular formula is C26H42N2O9S. The van der Waals surface area contributed by atoms with Gasteiger partial charge in [-0.25, -0.2) is 13.2 Å². The van der Waals surface area contributed by atoms with Gasteiger partial charge in [-0.3, -0.25) is 14.3 Å². The average molecular weight is 559 g/mol. The van der Waals surface area contributed by atoms with Crippen LogP contribution in [-0.4, -0.2) is 77.1 Å². The molecule has 0 aliphatic carbocycles. The Morgan fingerprint density at radius 2 is 1.42 bits per heavy atom. The third kappa shape index (κ3) is 17.7. The van der Waals surface area contributed by atoms with Crippen LogP contribution in [0.25, 0.3) is 0 Å². The first-order valence-corrected chi connectivity index (χ1v) is 14.7. The topological polar surface area (TPSA) is 157 Å². The van der Waals surface area contributed by atoms with Crippen LogP contribution in [0.4, 0.5) is 0 Å². The number of carboxylic acid groups (broad SMARTS) is 1. The maximum Gasteiger partial charge on any atom is 0.335 e. The van der Waals surface area contributed by atoms with Crippen molar-refractivity contribution in [1.29, 1.82) is 0 Å². The molecular weight excluding hydrogens is 516 g/mol. The fraction of sp³-hybridized carbons (Fsp3) is 0.654. The first-order valence-electron chi connectivity index (χ1n) is 13.1. The number of rotatable bonds is 23. The van der Waals surface area contributed by atoms with Crippen LogP contribution < -0.4 is 14.8 Å². The number of nitrogens with one attached hydrogen (secondary N) is 2. The summed E-state index contributed by atoms with van der Waals surface area (Å²) in [5, 5.41) is 11.5. The van der Waals surface area contributed by atoms with Crippen molar-refractivity contribution in [2.75, 3.05) is 45.8 Å². The van der Waals surface area contributed by atoms with E-state index >= 15 is 0 Å². The number of carbonyl (C=O) groups is 3. The summed E-state index contributed by atoms with van der Waals surface area (Å²) < 4.78 is 41.8. The van der Waals surface area contributed by atoms with Crippen LogP contribution in [0, 0.1) is 0 Å². The molecule has 12 heteroatoms. The lowest BCUT2D eigenvalue weighted by atomic mass is 10.1. The van der Waals surface area contributed by atoms with Gasteiger partial charge in [0.15, 0.2) is 0 Å². The minimum absolute atomic E-state index is 0.0547. The smallest absolute Gasteiger partial charge is 0.335 e. The number of sulfonamides is 1.